The molecule has 2 aromatic rings. The molecule has 0 aromatic heterocycles. The average molecular weight is 511 g/mol. The van der Waals surface area contributed by atoms with Gasteiger partial charge in [-0.2, -0.15) is 8.78 Å². The fourth-order valence-electron chi connectivity index (χ4n) is 5.85. The molecule has 4 rings (SSSR count). The molecule has 2 nitrogen and oxygen atoms in total. The molecule has 0 amide bonds. The maximum atomic E-state index is 14.7. The Balaban J connectivity index is 1.24. The number of unbranched alkanes of at least 4 members (excludes halogenated alkanes) is 1. The molecule has 0 saturated heterocycles. The third-order valence-corrected chi connectivity index (χ3v) is 8.01. The van der Waals surface area contributed by atoms with Crippen molar-refractivity contribution < 1.29 is 31.4 Å². The Bertz CT molecular complexity index is 955. The molecule has 0 bridgehead atoms. The van der Waals surface area contributed by atoms with Crippen LogP contribution >= 0.6 is 0 Å². The maximum absolute atomic E-state index is 14.7. The highest BCUT2D eigenvalue weighted by Gasteiger charge is 2.45. The molecule has 2 fully saturated rings. The topological polar surface area (TPSA) is 18.5 Å². The number of benzene rings is 2. The first-order valence-corrected chi connectivity index (χ1v) is 13.2. The van der Waals surface area contributed by atoms with Gasteiger partial charge in [0.1, 0.15) is 11.5 Å². The van der Waals surface area contributed by atoms with E-state index in [1.807, 2.05) is 0 Å². The molecule has 2 saturated carbocycles. The highest BCUT2D eigenvalue weighted by Crippen LogP contribution is 2.47. The average Bonchev–Trinajstić information content (AvgIpc) is 2.88. The van der Waals surface area contributed by atoms with Gasteiger partial charge in [-0.15, -0.1) is 0 Å². The van der Waals surface area contributed by atoms with Crippen LogP contribution in [0, 0.1) is 35.2 Å². The molecule has 7 heteroatoms. The third kappa shape index (κ3) is 6.51. The molecular formula is C29H35F5O2. The van der Waals surface area contributed by atoms with Crippen LogP contribution in [0.2, 0.25) is 0 Å². The number of halogens is 5. The van der Waals surface area contributed by atoms with Crippen LogP contribution in [0.3, 0.4) is 0 Å². The molecule has 2 aliphatic rings. The molecule has 2 aromatic carbocycles. The lowest BCUT2D eigenvalue weighted by atomic mass is 9.68. The van der Waals surface area contributed by atoms with E-state index < -0.39 is 35.2 Å². The Morgan fingerprint density at radius 2 is 1.33 bits per heavy atom. The summed E-state index contributed by atoms with van der Waals surface area (Å²) >= 11 is 0. The standard InChI is InChI=1S/C29H35F5O2/c1-2-3-16-35-24-14-10-22(11-15-24)20-6-4-19(5-7-20)21-8-12-23(13-9-21)29(33,34)36-25-17-26(30)28(32)27(31)18-25/h10-11,14-15,17-21,23H,2-9,12-13,16H2,1H3. The summed E-state index contributed by atoms with van der Waals surface area (Å²) in [5.74, 6) is -4.13. The van der Waals surface area contributed by atoms with Crippen LogP contribution in [0.25, 0.3) is 0 Å². The number of ether oxygens (including phenoxy) is 2. The fraction of sp³-hybridized carbons (Fsp3) is 0.586. The van der Waals surface area contributed by atoms with Crippen molar-refractivity contribution in [2.24, 2.45) is 17.8 Å². The highest BCUT2D eigenvalue weighted by molar-refractivity contribution is 5.30. The minimum atomic E-state index is -3.56. The summed E-state index contributed by atoms with van der Waals surface area (Å²) in [6.07, 6.45) is 4.95. The summed E-state index contributed by atoms with van der Waals surface area (Å²) in [6, 6.07) is 9.36. The number of rotatable bonds is 9. The molecule has 0 heterocycles. The van der Waals surface area contributed by atoms with E-state index in [-0.39, 0.29) is 0 Å². The van der Waals surface area contributed by atoms with E-state index in [1.165, 1.54) is 5.56 Å². The zero-order chi connectivity index (χ0) is 25.7. The van der Waals surface area contributed by atoms with E-state index >= 15 is 0 Å². The molecule has 0 spiro atoms. The van der Waals surface area contributed by atoms with Crippen LogP contribution < -0.4 is 9.47 Å². The predicted octanol–water partition coefficient (Wildman–Crippen LogP) is 9.03. The van der Waals surface area contributed by atoms with Crippen molar-refractivity contribution in [1.82, 2.24) is 0 Å². The Labute approximate surface area is 210 Å². The van der Waals surface area contributed by atoms with Crippen molar-refractivity contribution in [1.29, 1.82) is 0 Å². The van der Waals surface area contributed by atoms with Crippen molar-refractivity contribution in [3.8, 4) is 11.5 Å². The van der Waals surface area contributed by atoms with Gasteiger partial charge >= 0.3 is 6.11 Å². The Morgan fingerprint density at radius 3 is 1.89 bits per heavy atom. The number of alkyl halides is 2. The first kappa shape index (κ1) is 26.7. The van der Waals surface area contributed by atoms with Crippen LogP contribution in [0.4, 0.5) is 22.0 Å². The van der Waals surface area contributed by atoms with Crippen molar-refractivity contribution in [3.05, 3.63) is 59.4 Å². The van der Waals surface area contributed by atoms with E-state index in [2.05, 4.69) is 35.9 Å². The molecular weight excluding hydrogens is 475 g/mol. The van der Waals surface area contributed by atoms with Gasteiger partial charge in [0.05, 0.1) is 12.5 Å². The van der Waals surface area contributed by atoms with Crippen LogP contribution in [-0.4, -0.2) is 12.7 Å². The molecule has 0 atom stereocenters. The summed E-state index contributed by atoms with van der Waals surface area (Å²) in [6.45, 7) is 2.88. The van der Waals surface area contributed by atoms with Crippen molar-refractivity contribution in [2.45, 2.75) is 83.2 Å². The molecule has 0 unspecified atom stereocenters. The van der Waals surface area contributed by atoms with Crippen molar-refractivity contribution >= 4 is 0 Å². The first-order valence-electron chi connectivity index (χ1n) is 13.2. The lowest BCUT2D eigenvalue weighted by Crippen LogP contribution is -2.38. The van der Waals surface area contributed by atoms with Crippen molar-refractivity contribution in [2.75, 3.05) is 6.61 Å². The molecule has 0 N–H and O–H groups in total. The lowest BCUT2D eigenvalue weighted by Gasteiger charge is -2.39. The summed E-state index contributed by atoms with van der Waals surface area (Å²) in [4.78, 5) is 0. The second-order valence-corrected chi connectivity index (χ2v) is 10.4. The van der Waals surface area contributed by atoms with Crippen molar-refractivity contribution in [3.63, 3.8) is 0 Å². The Morgan fingerprint density at radius 1 is 0.778 bits per heavy atom. The highest BCUT2D eigenvalue weighted by atomic mass is 19.3. The predicted molar refractivity (Wildman–Crippen MR) is 129 cm³/mol. The Kier molecular flexibility index (Phi) is 8.78. The minimum Gasteiger partial charge on any atom is -0.494 e. The van der Waals surface area contributed by atoms with E-state index in [1.54, 1.807) is 0 Å². The quantitative estimate of drug-likeness (QED) is 0.190. The molecule has 36 heavy (non-hydrogen) atoms. The van der Waals surface area contributed by atoms with Gasteiger partial charge in [0.15, 0.2) is 17.5 Å². The third-order valence-electron chi connectivity index (χ3n) is 8.01. The van der Waals surface area contributed by atoms with Gasteiger partial charge in [0.2, 0.25) is 0 Å². The molecule has 0 aliphatic heterocycles. The number of hydrogen-bond donors (Lipinski definition) is 0. The van der Waals surface area contributed by atoms with E-state index in [4.69, 9.17) is 4.74 Å². The van der Waals surface area contributed by atoms with Gasteiger partial charge in [0.25, 0.3) is 0 Å². The van der Waals surface area contributed by atoms with E-state index in [9.17, 15) is 22.0 Å². The Hall–Kier alpha value is -2.31. The number of hydrogen-bond acceptors (Lipinski definition) is 2. The lowest BCUT2D eigenvalue weighted by molar-refractivity contribution is -0.224. The van der Waals surface area contributed by atoms with Crippen LogP contribution in [0.5, 0.6) is 11.5 Å². The summed E-state index contributed by atoms with van der Waals surface area (Å²) in [7, 11) is 0. The summed E-state index contributed by atoms with van der Waals surface area (Å²) in [5, 5.41) is 0. The molecule has 198 valence electrons. The van der Waals surface area contributed by atoms with E-state index in [0.717, 1.165) is 50.9 Å². The molecule has 2 aliphatic carbocycles. The van der Waals surface area contributed by atoms with Gasteiger partial charge in [-0.05, 0) is 93.2 Å². The minimum absolute atomic E-state index is 0.295. The largest absolute Gasteiger partial charge is 0.494 e. The maximum Gasteiger partial charge on any atom is 0.400 e. The first-order chi connectivity index (χ1) is 17.3. The normalized spacial score (nSPS) is 24.9. The second-order valence-electron chi connectivity index (χ2n) is 10.4. The van der Waals surface area contributed by atoms with Gasteiger partial charge in [0, 0.05) is 12.1 Å². The zero-order valence-electron chi connectivity index (χ0n) is 20.8. The zero-order valence-corrected chi connectivity index (χ0v) is 20.8. The van der Waals surface area contributed by atoms with Gasteiger partial charge in [-0.3, -0.25) is 0 Å². The van der Waals surface area contributed by atoms with Gasteiger partial charge in [-0.25, -0.2) is 13.2 Å². The van der Waals surface area contributed by atoms with Crippen LogP contribution in [0.15, 0.2) is 36.4 Å². The van der Waals surface area contributed by atoms with Crippen LogP contribution in [0.1, 0.15) is 82.6 Å². The summed E-state index contributed by atoms with van der Waals surface area (Å²) < 4.78 is 79.7. The van der Waals surface area contributed by atoms with Gasteiger partial charge in [-0.1, -0.05) is 25.5 Å². The monoisotopic (exact) mass is 510 g/mol. The van der Waals surface area contributed by atoms with E-state index in [0.29, 0.717) is 55.6 Å². The summed E-state index contributed by atoms with van der Waals surface area (Å²) in [5.41, 5.74) is 1.34. The van der Waals surface area contributed by atoms with Gasteiger partial charge < -0.3 is 9.47 Å². The smallest absolute Gasteiger partial charge is 0.400 e. The fourth-order valence-corrected chi connectivity index (χ4v) is 5.85. The second kappa shape index (κ2) is 11.8. The van der Waals surface area contributed by atoms with Crippen LogP contribution in [-0.2, 0) is 0 Å². The SMILES string of the molecule is CCCCOc1ccc(C2CCC(C3CCC(C(F)(F)Oc4cc(F)c(F)c(F)c4)CC3)CC2)cc1. The molecule has 0 radical (unpaired) electrons.